The number of hydrogen-bond donors (Lipinski definition) is 0. The summed E-state index contributed by atoms with van der Waals surface area (Å²) >= 11 is 1.19. The first-order chi connectivity index (χ1) is 9.83. The molecule has 1 aromatic heterocycles. The van der Waals surface area contributed by atoms with Crippen LogP contribution in [0.2, 0.25) is 0 Å². The molecule has 1 aliphatic rings. The van der Waals surface area contributed by atoms with Crippen LogP contribution in [-0.2, 0) is 11.3 Å². The molecular formula is C14H17N3O2S. The molecule has 1 aliphatic heterocycles. The number of aromatic nitrogens is 2. The molecule has 106 valence electrons. The molecule has 2 aromatic rings. The fraction of sp³-hybridized carbons (Fsp3) is 0.429. The number of hydrogen-bond acceptors (Lipinski definition) is 6. The van der Waals surface area contributed by atoms with E-state index in [2.05, 4.69) is 38.8 Å². The van der Waals surface area contributed by atoms with Crippen LogP contribution in [0, 0.1) is 6.92 Å². The molecular weight excluding hydrogens is 274 g/mol. The number of rotatable bonds is 4. The molecule has 2 heterocycles. The van der Waals surface area contributed by atoms with E-state index in [4.69, 9.17) is 9.47 Å². The van der Waals surface area contributed by atoms with Crippen LogP contribution in [0.25, 0.3) is 0 Å². The molecule has 1 saturated heterocycles. The van der Waals surface area contributed by atoms with Gasteiger partial charge >= 0.3 is 0 Å². The molecule has 0 radical (unpaired) electrons. The maximum absolute atomic E-state index is 5.83. The molecule has 1 aromatic carbocycles. The zero-order valence-corrected chi connectivity index (χ0v) is 12.2. The van der Waals surface area contributed by atoms with Crippen molar-refractivity contribution in [3.63, 3.8) is 0 Å². The lowest BCUT2D eigenvalue weighted by molar-refractivity contribution is 0.122. The van der Waals surface area contributed by atoms with Gasteiger partial charge in [0.1, 0.15) is 6.61 Å². The van der Waals surface area contributed by atoms with Gasteiger partial charge in [-0.2, -0.15) is 4.37 Å². The Kier molecular flexibility index (Phi) is 4.13. The molecule has 6 heteroatoms. The fourth-order valence-corrected chi connectivity index (χ4v) is 2.71. The van der Waals surface area contributed by atoms with Crippen molar-refractivity contribution in [2.24, 2.45) is 0 Å². The number of morpholine rings is 1. The lowest BCUT2D eigenvalue weighted by Crippen LogP contribution is -2.36. The molecule has 0 atom stereocenters. The highest BCUT2D eigenvalue weighted by Gasteiger charge is 2.19. The lowest BCUT2D eigenvalue weighted by atomic mass is 10.1. The minimum Gasteiger partial charge on any atom is -0.470 e. The number of aryl methyl sites for hydroxylation is 1. The van der Waals surface area contributed by atoms with Crippen LogP contribution in [0.5, 0.6) is 5.88 Å². The van der Waals surface area contributed by atoms with Crippen LogP contribution in [0.1, 0.15) is 11.1 Å². The van der Waals surface area contributed by atoms with Crippen LogP contribution < -0.4 is 9.64 Å². The average Bonchev–Trinajstić information content (AvgIpc) is 2.95. The van der Waals surface area contributed by atoms with E-state index in [9.17, 15) is 0 Å². The summed E-state index contributed by atoms with van der Waals surface area (Å²) in [6, 6.07) is 8.29. The summed E-state index contributed by atoms with van der Waals surface area (Å²) in [7, 11) is 0. The highest BCUT2D eigenvalue weighted by molar-refractivity contribution is 6.99. The molecule has 0 unspecified atom stereocenters. The Balaban J connectivity index is 1.67. The molecule has 0 aliphatic carbocycles. The number of anilines is 1. The largest absolute Gasteiger partial charge is 0.470 e. The topological polar surface area (TPSA) is 47.5 Å². The molecule has 5 nitrogen and oxygen atoms in total. The van der Waals surface area contributed by atoms with Gasteiger partial charge in [-0.1, -0.05) is 29.8 Å². The third-order valence-electron chi connectivity index (χ3n) is 3.21. The molecule has 0 saturated carbocycles. The Bertz CT molecular complexity index is 567. The summed E-state index contributed by atoms with van der Waals surface area (Å²) < 4.78 is 19.8. The van der Waals surface area contributed by atoms with Gasteiger partial charge in [-0.05, 0) is 12.5 Å². The van der Waals surface area contributed by atoms with Crippen LogP contribution in [0.3, 0.4) is 0 Å². The minimum atomic E-state index is 0.518. The average molecular weight is 291 g/mol. The smallest absolute Gasteiger partial charge is 0.271 e. The molecule has 0 spiro atoms. The maximum Gasteiger partial charge on any atom is 0.271 e. The third kappa shape index (κ3) is 3.08. The summed E-state index contributed by atoms with van der Waals surface area (Å²) in [4.78, 5) is 2.17. The van der Waals surface area contributed by atoms with Crippen molar-refractivity contribution in [3.8, 4) is 5.88 Å². The first kappa shape index (κ1) is 13.3. The highest BCUT2D eigenvalue weighted by Crippen LogP contribution is 2.27. The van der Waals surface area contributed by atoms with Gasteiger partial charge < -0.3 is 14.4 Å². The van der Waals surface area contributed by atoms with Crippen LogP contribution >= 0.6 is 11.7 Å². The first-order valence-corrected chi connectivity index (χ1v) is 7.39. The Morgan fingerprint density at radius 1 is 1.30 bits per heavy atom. The first-order valence-electron chi connectivity index (χ1n) is 6.66. The summed E-state index contributed by atoms with van der Waals surface area (Å²) in [6.45, 7) is 5.74. The van der Waals surface area contributed by atoms with E-state index in [-0.39, 0.29) is 0 Å². The highest BCUT2D eigenvalue weighted by atomic mass is 32.1. The normalized spacial score (nSPS) is 15.3. The quantitative estimate of drug-likeness (QED) is 0.865. The van der Waals surface area contributed by atoms with Crippen molar-refractivity contribution in [2.75, 3.05) is 31.2 Å². The Morgan fingerprint density at radius 3 is 2.95 bits per heavy atom. The van der Waals surface area contributed by atoms with Crippen LogP contribution in [0.15, 0.2) is 24.3 Å². The van der Waals surface area contributed by atoms with Crippen molar-refractivity contribution in [1.29, 1.82) is 0 Å². The standard InChI is InChI=1S/C14H17N3O2S/c1-11-3-2-4-12(9-11)10-19-14-13(15-20-16-14)17-5-7-18-8-6-17/h2-4,9H,5-8,10H2,1H3. The van der Waals surface area contributed by atoms with E-state index >= 15 is 0 Å². The van der Waals surface area contributed by atoms with Gasteiger partial charge in [0.2, 0.25) is 5.82 Å². The predicted molar refractivity (Wildman–Crippen MR) is 78.5 cm³/mol. The minimum absolute atomic E-state index is 0.518. The van der Waals surface area contributed by atoms with Crippen molar-refractivity contribution in [1.82, 2.24) is 8.75 Å². The second-order valence-electron chi connectivity index (χ2n) is 4.77. The van der Waals surface area contributed by atoms with E-state index in [1.165, 1.54) is 17.3 Å². The summed E-state index contributed by atoms with van der Waals surface area (Å²) in [5.74, 6) is 1.46. The molecule has 1 fully saturated rings. The molecule has 0 amide bonds. The van der Waals surface area contributed by atoms with Gasteiger partial charge in [-0.25, -0.2) is 0 Å². The van der Waals surface area contributed by atoms with Crippen molar-refractivity contribution in [2.45, 2.75) is 13.5 Å². The van der Waals surface area contributed by atoms with Crippen LogP contribution in [-0.4, -0.2) is 35.1 Å². The molecule has 20 heavy (non-hydrogen) atoms. The zero-order chi connectivity index (χ0) is 13.8. The zero-order valence-electron chi connectivity index (χ0n) is 11.4. The number of ether oxygens (including phenoxy) is 2. The summed E-state index contributed by atoms with van der Waals surface area (Å²) in [5, 5.41) is 0. The van der Waals surface area contributed by atoms with Crippen molar-refractivity contribution in [3.05, 3.63) is 35.4 Å². The van der Waals surface area contributed by atoms with E-state index in [1.807, 2.05) is 6.07 Å². The monoisotopic (exact) mass is 291 g/mol. The fourth-order valence-electron chi connectivity index (χ4n) is 2.19. The van der Waals surface area contributed by atoms with Gasteiger partial charge in [-0.15, -0.1) is 4.37 Å². The Labute approximate surface area is 122 Å². The molecule has 3 rings (SSSR count). The van der Waals surface area contributed by atoms with Crippen molar-refractivity contribution >= 4 is 17.5 Å². The summed E-state index contributed by atoms with van der Waals surface area (Å²) in [6.07, 6.45) is 0. The lowest BCUT2D eigenvalue weighted by Gasteiger charge is -2.26. The van der Waals surface area contributed by atoms with Gasteiger partial charge in [-0.3, -0.25) is 0 Å². The predicted octanol–water partition coefficient (Wildman–Crippen LogP) is 2.26. The van der Waals surface area contributed by atoms with E-state index < -0.39 is 0 Å². The van der Waals surface area contributed by atoms with Crippen molar-refractivity contribution < 1.29 is 9.47 Å². The van der Waals surface area contributed by atoms with Crippen LogP contribution in [0.4, 0.5) is 5.82 Å². The Hall–Kier alpha value is -1.66. The van der Waals surface area contributed by atoms with Gasteiger partial charge in [0.05, 0.1) is 24.9 Å². The maximum atomic E-state index is 5.83. The number of nitrogens with zero attached hydrogens (tertiary/aromatic N) is 3. The van der Waals surface area contributed by atoms with Gasteiger partial charge in [0.25, 0.3) is 5.88 Å². The van der Waals surface area contributed by atoms with Gasteiger partial charge in [0.15, 0.2) is 0 Å². The third-order valence-corrected chi connectivity index (χ3v) is 3.71. The summed E-state index contributed by atoms with van der Waals surface area (Å²) in [5.41, 5.74) is 2.38. The van der Waals surface area contributed by atoms with E-state index in [0.717, 1.165) is 37.7 Å². The van der Waals surface area contributed by atoms with E-state index in [1.54, 1.807) is 0 Å². The molecule has 0 N–H and O–H groups in total. The van der Waals surface area contributed by atoms with E-state index in [0.29, 0.717) is 12.5 Å². The van der Waals surface area contributed by atoms with Gasteiger partial charge in [0, 0.05) is 13.1 Å². The second kappa shape index (κ2) is 6.19. The Morgan fingerprint density at radius 2 is 2.15 bits per heavy atom. The number of benzene rings is 1. The molecule has 0 bridgehead atoms. The SMILES string of the molecule is Cc1cccc(COc2nsnc2N2CCOCC2)c1. The second-order valence-corrected chi connectivity index (χ2v) is 5.30.